The fourth-order valence-electron chi connectivity index (χ4n) is 3.04. The Morgan fingerprint density at radius 1 is 0.765 bits per heavy atom. The third-order valence-corrected chi connectivity index (χ3v) is 7.92. The van der Waals surface area contributed by atoms with Crippen LogP contribution in [0.1, 0.15) is 19.4 Å². The van der Waals surface area contributed by atoms with Crippen molar-refractivity contribution in [1.82, 2.24) is 0 Å². The predicted molar refractivity (Wildman–Crippen MR) is 133 cm³/mol. The van der Waals surface area contributed by atoms with Crippen LogP contribution in [0, 0.1) is 6.92 Å². The van der Waals surface area contributed by atoms with Crippen molar-refractivity contribution in [3.63, 3.8) is 0 Å². The lowest BCUT2D eigenvalue weighted by atomic mass is 10.2. The zero-order valence-corrected chi connectivity index (χ0v) is 21.2. The number of nitrogens with one attached hydrogen (secondary N) is 2. The van der Waals surface area contributed by atoms with Gasteiger partial charge < -0.3 is 9.47 Å². The van der Waals surface area contributed by atoms with Gasteiger partial charge in [-0.05, 0) is 74.9 Å². The molecular weight excluding hydrogens is 500 g/mol. The second-order valence-corrected chi connectivity index (χ2v) is 10.9. The average molecular weight is 525 g/mol. The molecule has 0 spiro atoms. The molecule has 8 nitrogen and oxygen atoms in total. The normalized spacial score (nSPS) is 11.6. The van der Waals surface area contributed by atoms with E-state index in [1.54, 1.807) is 32.0 Å². The first-order chi connectivity index (χ1) is 16.1. The molecule has 0 aromatic heterocycles. The maximum Gasteiger partial charge on any atom is 0.262 e. The summed E-state index contributed by atoms with van der Waals surface area (Å²) in [5.74, 6) is 0.761. The topological polar surface area (TPSA) is 111 Å². The van der Waals surface area contributed by atoms with E-state index in [1.807, 2.05) is 6.92 Å². The van der Waals surface area contributed by atoms with Gasteiger partial charge in [-0.1, -0.05) is 17.7 Å². The van der Waals surface area contributed by atoms with Crippen molar-refractivity contribution in [2.45, 2.75) is 30.6 Å². The number of sulfonamides is 2. The molecule has 2 N–H and O–H groups in total. The van der Waals surface area contributed by atoms with Gasteiger partial charge in [0.2, 0.25) is 0 Å². The zero-order valence-electron chi connectivity index (χ0n) is 18.8. The Kier molecular flexibility index (Phi) is 7.96. The first-order valence-corrected chi connectivity index (χ1v) is 13.7. The molecule has 3 rings (SSSR count). The minimum Gasteiger partial charge on any atom is -0.490 e. The molecule has 0 bridgehead atoms. The van der Waals surface area contributed by atoms with Crippen molar-refractivity contribution < 1.29 is 26.3 Å². The molecule has 0 atom stereocenters. The van der Waals surface area contributed by atoms with Gasteiger partial charge in [0.15, 0.2) is 11.5 Å². The van der Waals surface area contributed by atoms with Crippen LogP contribution >= 0.6 is 11.6 Å². The van der Waals surface area contributed by atoms with Crippen LogP contribution in [0.5, 0.6) is 11.5 Å². The number of ether oxygens (including phenoxy) is 2. The first-order valence-electron chi connectivity index (χ1n) is 10.4. The average Bonchev–Trinajstić information content (AvgIpc) is 2.78. The van der Waals surface area contributed by atoms with Gasteiger partial charge >= 0.3 is 0 Å². The molecule has 3 aromatic rings. The van der Waals surface area contributed by atoms with E-state index in [-0.39, 0.29) is 15.5 Å². The van der Waals surface area contributed by atoms with Gasteiger partial charge in [0.1, 0.15) is 0 Å². The van der Waals surface area contributed by atoms with E-state index in [0.29, 0.717) is 41.0 Å². The Balaban J connectivity index is 1.81. The molecule has 11 heteroatoms. The number of hydrogen-bond donors (Lipinski definition) is 2. The summed E-state index contributed by atoms with van der Waals surface area (Å²) in [5, 5.41) is 0.437. The van der Waals surface area contributed by atoms with Crippen LogP contribution in [0.15, 0.2) is 70.5 Å². The van der Waals surface area contributed by atoms with Crippen LogP contribution in [-0.2, 0) is 20.0 Å². The zero-order chi connectivity index (χ0) is 24.9. The summed E-state index contributed by atoms with van der Waals surface area (Å²) >= 11 is 6.06. The highest BCUT2D eigenvalue weighted by molar-refractivity contribution is 7.93. The third-order valence-electron chi connectivity index (χ3n) is 4.75. The van der Waals surface area contributed by atoms with Crippen LogP contribution in [0.25, 0.3) is 0 Å². The summed E-state index contributed by atoms with van der Waals surface area (Å²) < 4.78 is 67.1. The lowest BCUT2D eigenvalue weighted by Gasteiger charge is -2.14. The van der Waals surface area contributed by atoms with Gasteiger partial charge in [-0.15, -0.1) is 0 Å². The monoisotopic (exact) mass is 524 g/mol. The Bertz CT molecular complexity index is 1380. The molecule has 0 aliphatic heterocycles. The van der Waals surface area contributed by atoms with Crippen LogP contribution in [0.3, 0.4) is 0 Å². The highest BCUT2D eigenvalue weighted by atomic mass is 35.5. The summed E-state index contributed by atoms with van der Waals surface area (Å²) in [6.07, 6.45) is 0. The van der Waals surface area contributed by atoms with Gasteiger partial charge in [-0.25, -0.2) is 16.8 Å². The molecule has 0 heterocycles. The Hall–Kier alpha value is -2.95. The summed E-state index contributed by atoms with van der Waals surface area (Å²) in [6, 6.07) is 14.6. The minimum absolute atomic E-state index is 0.0193. The lowest BCUT2D eigenvalue weighted by Crippen LogP contribution is -2.15. The van der Waals surface area contributed by atoms with E-state index in [0.717, 1.165) is 0 Å². The van der Waals surface area contributed by atoms with Crippen molar-refractivity contribution in [1.29, 1.82) is 0 Å². The molecule has 0 aliphatic carbocycles. The molecule has 0 radical (unpaired) electrons. The fourth-order valence-corrected chi connectivity index (χ4v) is 5.41. The van der Waals surface area contributed by atoms with Crippen molar-refractivity contribution >= 4 is 43.0 Å². The molecule has 182 valence electrons. The predicted octanol–water partition coefficient (Wildman–Crippen LogP) is 5.05. The molecule has 3 aromatic carbocycles. The first kappa shape index (κ1) is 25.7. The third kappa shape index (κ3) is 5.94. The molecule has 0 amide bonds. The number of hydrogen-bond acceptors (Lipinski definition) is 6. The van der Waals surface area contributed by atoms with Gasteiger partial charge in [0.25, 0.3) is 20.0 Å². The van der Waals surface area contributed by atoms with Crippen LogP contribution in [0.4, 0.5) is 11.4 Å². The van der Waals surface area contributed by atoms with Crippen LogP contribution < -0.4 is 18.9 Å². The van der Waals surface area contributed by atoms with Gasteiger partial charge in [0, 0.05) is 16.8 Å². The molecule has 0 aliphatic rings. The van der Waals surface area contributed by atoms with Crippen molar-refractivity contribution in [2.24, 2.45) is 0 Å². The smallest absolute Gasteiger partial charge is 0.262 e. The molecule has 0 saturated heterocycles. The van der Waals surface area contributed by atoms with Crippen molar-refractivity contribution in [3.8, 4) is 11.5 Å². The van der Waals surface area contributed by atoms with E-state index >= 15 is 0 Å². The molecule has 0 saturated carbocycles. The van der Waals surface area contributed by atoms with E-state index in [4.69, 9.17) is 21.1 Å². The Labute approximate surface area is 205 Å². The maximum atomic E-state index is 12.9. The standard InChI is InChI=1S/C23H25ClN2O6S2/c1-4-31-22-14-13-19(15-23(22)32-5-2)34(29,30)25-17-9-11-18(12-10-17)33(27,28)26-21-8-6-7-20(24)16(21)3/h6-15,25-26H,4-5H2,1-3H3. The number of benzene rings is 3. The van der Waals surface area contributed by atoms with E-state index in [1.165, 1.54) is 42.5 Å². The number of rotatable bonds is 10. The summed E-state index contributed by atoms with van der Waals surface area (Å²) in [7, 11) is -7.86. The van der Waals surface area contributed by atoms with Crippen molar-refractivity contribution in [3.05, 3.63) is 71.2 Å². The van der Waals surface area contributed by atoms with Gasteiger partial charge in [-0.2, -0.15) is 0 Å². The molecule has 0 fully saturated rings. The van der Waals surface area contributed by atoms with Crippen molar-refractivity contribution in [2.75, 3.05) is 22.7 Å². The molecule has 0 unspecified atom stereocenters. The SMILES string of the molecule is CCOc1ccc(S(=O)(=O)Nc2ccc(S(=O)(=O)Nc3cccc(Cl)c3C)cc2)cc1OCC. The summed E-state index contributed by atoms with van der Waals surface area (Å²) in [5.41, 5.74) is 1.15. The summed E-state index contributed by atoms with van der Waals surface area (Å²) in [4.78, 5) is -0.0521. The number of halogens is 1. The van der Waals surface area contributed by atoms with Gasteiger partial charge in [0.05, 0.1) is 28.7 Å². The quantitative estimate of drug-likeness (QED) is 0.384. The maximum absolute atomic E-state index is 12.9. The fraction of sp³-hybridized carbons (Fsp3) is 0.217. The Morgan fingerprint density at radius 2 is 1.35 bits per heavy atom. The van der Waals surface area contributed by atoms with E-state index in [2.05, 4.69) is 9.44 Å². The second-order valence-electron chi connectivity index (χ2n) is 7.12. The lowest BCUT2D eigenvalue weighted by molar-refractivity contribution is 0.287. The van der Waals surface area contributed by atoms with E-state index < -0.39 is 20.0 Å². The highest BCUT2D eigenvalue weighted by Crippen LogP contribution is 2.31. The van der Waals surface area contributed by atoms with E-state index in [9.17, 15) is 16.8 Å². The minimum atomic E-state index is -3.96. The van der Waals surface area contributed by atoms with Crippen LogP contribution in [-0.4, -0.2) is 30.0 Å². The second kappa shape index (κ2) is 10.5. The van der Waals surface area contributed by atoms with Gasteiger partial charge in [-0.3, -0.25) is 9.44 Å². The molecular formula is C23H25ClN2O6S2. The summed E-state index contributed by atoms with van der Waals surface area (Å²) in [6.45, 7) is 6.06. The molecule has 34 heavy (non-hydrogen) atoms. The number of anilines is 2. The largest absolute Gasteiger partial charge is 0.490 e. The highest BCUT2D eigenvalue weighted by Gasteiger charge is 2.19. The van der Waals surface area contributed by atoms with Crippen LogP contribution in [0.2, 0.25) is 5.02 Å². The Morgan fingerprint density at radius 3 is 2.00 bits per heavy atom.